The lowest BCUT2D eigenvalue weighted by Gasteiger charge is -2.48. The van der Waals surface area contributed by atoms with E-state index in [9.17, 15) is 52.8 Å². The van der Waals surface area contributed by atoms with Gasteiger partial charge in [-0.3, -0.25) is 0 Å². The molecule has 4 rings (SSSR count). The number of carboxylic acids is 4. The minimum absolute atomic E-state index is 0.114. The van der Waals surface area contributed by atoms with Crippen molar-refractivity contribution in [2.45, 2.75) is 23.4 Å². The summed E-state index contributed by atoms with van der Waals surface area (Å²) in [6.07, 6.45) is -6.95. The van der Waals surface area contributed by atoms with Crippen LogP contribution in [-0.4, -0.2) is 62.3 Å². The number of carboxylic acid groups (broad SMARTS) is 4. The maximum Gasteiger partial charge on any atom is 0.459 e. The first-order valence-electron chi connectivity index (χ1n) is 11.2. The Morgan fingerprint density at radius 1 is 0.595 bits per heavy atom. The van der Waals surface area contributed by atoms with Crippen molar-refractivity contribution in [2.75, 3.05) is 0 Å². The van der Waals surface area contributed by atoms with Gasteiger partial charge >= 0.3 is 41.9 Å². The Labute approximate surface area is 228 Å². The lowest BCUT2D eigenvalue weighted by atomic mass is 9.61. The molecule has 4 N–H and O–H groups in total. The van der Waals surface area contributed by atoms with Crippen LogP contribution in [0.2, 0.25) is 0 Å². The molecule has 16 heteroatoms. The molecular weight excluding hydrogens is 589 g/mol. The largest absolute Gasteiger partial charge is 0.478 e. The molecule has 0 fully saturated rings. The maximum absolute atomic E-state index is 16.4. The van der Waals surface area contributed by atoms with Gasteiger partial charge in [0.05, 0.1) is 22.3 Å². The van der Waals surface area contributed by atoms with Crippen LogP contribution in [0.3, 0.4) is 0 Å². The highest BCUT2D eigenvalue weighted by Crippen LogP contribution is 2.65. The molecule has 0 aromatic heterocycles. The van der Waals surface area contributed by atoms with E-state index in [1.165, 1.54) is 0 Å². The minimum atomic E-state index is -6.95. The molecule has 0 unspecified atom stereocenters. The zero-order valence-electron chi connectivity index (χ0n) is 20.2. The number of hydrogen-bond acceptors (Lipinski definition) is 5. The summed E-state index contributed by atoms with van der Waals surface area (Å²) >= 11 is 0. The number of rotatable bonds is 7. The molecule has 0 saturated heterocycles. The predicted molar refractivity (Wildman–Crippen MR) is 123 cm³/mol. The molecule has 42 heavy (non-hydrogen) atoms. The molecular formula is C26H13F7O9. The number of carbonyl (C=O) groups is 4. The van der Waals surface area contributed by atoms with E-state index < -0.39 is 97.8 Å². The number of alkyl halides is 7. The summed E-state index contributed by atoms with van der Waals surface area (Å²) in [6, 6.07) is 5.18. The molecule has 0 aliphatic carbocycles. The van der Waals surface area contributed by atoms with Gasteiger partial charge in [0.15, 0.2) is 0 Å². The SMILES string of the molecule is O=C(O)c1cc2c(cc1C(=O)O)C(c1ccccc1)(C(F)(F)C(F)(F)C(F)(F)F)c1cc(C(=O)O)c(C(=O)O)cc1O2. The molecule has 220 valence electrons. The molecule has 9 nitrogen and oxygen atoms in total. The van der Waals surface area contributed by atoms with Crippen LogP contribution in [0.4, 0.5) is 30.7 Å². The third kappa shape index (κ3) is 4.01. The van der Waals surface area contributed by atoms with E-state index in [2.05, 4.69) is 0 Å². The topological polar surface area (TPSA) is 158 Å². The number of ether oxygens (including phenoxy) is 1. The summed E-state index contributed by atoms with van der Waals surface area (Å²) in [5, 5.41) is 38.2. The smallest absolute Gasteiger partial charge is 0.459 e. The van der Waals surface area contributed by atoms with Crippen LogP contribution in [0.5, 0.6) is 11.5 Å². The molecule has 1 aliphatic rings. The Morgan fingerprint density at radius 3 is 1.29 bits per heavy atom. The molecule has 3 aromatic rings. The van der Waals surface area contributed by atoms with E-state index in [0.29, 0.717) is 12.1 Å². The van der Waals surface area contributed by atoms with Gasteiger partial charge in [-0.1, -0.05) is 30.3 Å². The average molecular weight is 602 g/mol. The van der Waals surface area contributed by atoms with Crippen molar-refractivity contribution in [1.29, 1.82) is 0 Å². The van der Waals surface area contributed by atoms with E-state index >= 15 is 17.6 Å². The Bertz CT molecular complexity index is 1580. The quantitative estimate of drug-likeness (QED) is 0.247. The molecule has 0 saturated carbocycles. The average Bonchev–Trinajstić information content (AvgIpc) is 2.89. The molecule has 0 amide bonds. The van der Waals surface area contributed by atoms with E-state index in [1.54, 1.807) is 0 Å². The second-order valence-corrected chi connectivity index (χ2v) is 8.87. The molecule has 0 atom stereocenters. The van der Waals surface area contributed by atoms with Crippen LogP contribution < -0.4 is 4.74 Å². The van der Waals surface area contributed by atoms with E-state index in [0.717, 1.165) is 18.2 Å². The van der Waals surface area contributed by atoms with Crippen molar-refractivity contribution >= 4 is 23.9 Å². The minimum Gasteiger partial charge on any atom is -0.478 e. The molecule has 3 aromatic carbocycles. The van der Waals surface area contributed by atoms with Gasteiger partial charge in [-0.05, 0) is 29.8 Å². The monoisotopic (exact) mass is 602 g/mol. The van der Waals surface area contributed by atoms with Crippen molar-refractivity contribution < 1.29 is 75.1 Å². The van der Waals surface area contributed by atoms with E-state index in [4.69, 9.17) is 4.74 Å². The molecule has 1 aliphatic heterocycles. The van der Waals surface area contributed by atoms with Gasteiger partial charge < -0.3 is 25.2 Å². The van der Waals surface area contributed by atoms with Crippen LogP contribution in [0.1, 0.15) is 58.1 Å². The zero-order valence-corrected chi connectivity index (χ0v) is 20.2. The first-order valence-corrected chi connectivity index (χ1v) is 11.2. The Balaban J connectivity index is 2.37. The predicted octanol–water partition coefficient (Wildman–Crippen LogP) is 5.75. The van der Waals surface area contributed by atoms with Crippen molar-refractivity contribution in [2.24, 2.45) is 0 Å². The maximum atomic E-state index is 16.4. The van der Waals surface area contributed by atoms with Gasteiger partial charge in [0.2, 0.25) is 0 Å². The van der Waals surface area contributed by atoms with Crippen molar-refractivity contribution in [1.82, 2.24) is 0 Å². The van der Waals surface area contributed by atoms with Gasteiger partial charge in [-0.25, -0.2) is 19.2 Å². The zero-order chi connectivity index (χ0) is 31.6. The van der Waals surface area contributed by atoms with Crippen LogP contribution in [0.25, 0.3) is 0 Å². The third-order valence-corrected chi connectivity index (χ3v) is 6.62. The number of halogens is 7. The fourth-order valence-electron chi connectivity index (χ4n) is 4.82. The van der Waals surface area contributed by atoms with Gasteiger partial charge in [0.1, 0.15) is 16.9 Å². The number of benzene rings is 3. The van der Waals surface area contributed by atoms with Gasteiger partial charge in [-0.15, -0.1) is 0 Å². The highest BCUT2D eigenvalue weighted by molar-refractivity contribution is 6.04. The standard InChI is InChI=1S/C26H13F7O9/c27-24(28,25(29,30)26(31,32)33)23(10-4-2-1-3-5-10)15-6-11(19(34)35)13(21(38)39)8-17(15)42-18-9-14(22(40)41)12(20(36)37)7-16(18)23/h1-9H,(H,34,35)(H,36,37)(H,38,39)(H,40,41). The van der Waals surface area contributed by atoms with Crippen molar-refractivity contribution in [3.63, 3.8) is 0 Å². The molecule has 1 heterocycles. The highest BCUT2D eigenvalue weighted by atomic mass is 19.4. The fraction of sp³-hybridized carbons (Fsp3) is 0.154. The first-order chi connectivity index (χ1) is 19.3. The normalized spacial score (nSPS) is 14.3. The number of fused-ring (bicyclic) bond motifs is 2. The van der Waals surface area contributed by atoms with Crippen molar-refractivity contribution in [3.8, 4) is 11.5 Å². The Morgan fingerprint density at radius 2 is 0.952 bits per heavy atom. The van der Waals surface area contributed by atoms with Crippen LogP contribution >= 0.6 is 0 Å². The van der Waals surface area contributed by atoms with E-state index in [1.807, 2.05) is 0 Å². The molecule has 0 spiro atoms. The third-order valence-electron chi connectivity index (χ3n) is 6.62. The van der Waals surface area contributed by atoms with Gasteiger partial charge in [0, 0.05) is 11.1 Å². The van der Waals surface area contributed by atoms with Crippen LogP contribution in [0, 0.1) is 0 Å². The second-order valence-electron chi connectivity index (χ2n) is 8.87. The second kappa shape index (κ2) is 9.46. The lowest BCUT2D eigenvalue weighted by molar-refractivity contribution is -0.364. The van der Waals surface area contributed by atoms with Gasteiger partial charge in [-0.2, -0.15) is 30.7 Å². The lowest BCUT2D eigenvalue weighted by Crippen LogP contribution is -2.64. The summed E-state index contributed by atoms with van der Waals surface area (Å²) in [5.41, 5.74) is -13.0. The van der Waals surface area contributed by atoms with Crippen molar-refractivity contribution in [3.05, 3.63) is 93.5 Å². The summed E-state index contributed by atoms with van der Waals surface area (Å²) in [4.78, 5) is 47.3. The van der Waals surface area contributed by atoms with E-state index in [-0.39, 0.29) is 24.3 Å². The molecule has 0 bridgehead atoms. The summed E-state index contributed by atoms with van der Waals surface area (Å²) in [6.45, 7) is 0. The number of aromatic carboxylic acids is 4. The Hall–Kier alpha value is -5.15. The summed E-state index contributed by atoms with van der Waals surface area (Å²) < 4.78 is 109. The summed E-state index contributed by atoms with van der Waals surface area (Å²) in [7, 11) is 0. The van der Waals surface area contributed by atoms with Gasteiger partial charge in [0.25, 0.3) is 0 Å². The molecule has 0 radical (unpaired) electrons. The summed E-state index contributed by atoms with van der Waals surface area (Å²) in [5.74, 6) is -23.8. The first kappa shape index (κ1) is 29.8. The van der Waals surface area contributed by atoms with Crippen LogP contribution in [-0.2, 0) is 5.41 Å². The Kier molecular flexibility index (Phi) is 6.72. The van der Waals surface area contributed by atoms with Crippen LogP contribution in [0.15, 0.2) is 54.6 Å². The highest BCUT2D eigenvalue weighted by Gasteiger charge is 2.81. The number of hydrogen-bond donors (Lipinski definition) is 4. The fourth-order valence-corrected chi connectivity index (χ4v) is 4.82.